The minimum absolute atomic E-state index is 0.278. The zero-order valence-corrected chi connectivity index (χ0v) is 12.5. The molecule has 102 valence electrons. The lowest BCUT2D eigenvalue weighted by atomic mass is 10.1. The van der Waals surface area contributed by atoms with Gasteiger partial charge in [-0.3, -0.25) is 4.68 Å². The molecular formula is C14H17Cl2N3. The van der Waals surface area contributed by atoms with Crippen LogP contribution in [0.25, 0.3) is 0 Å². The van der Waals surface area contributed by atoms with Crippen LogP contribution in [0.5, 0.6) is 0 Å². The number of halogens is 2. The third-order valence-electron chi connectivity index (χ3n) is 3.08. The molecule has 2 aromatic rings. The van der Waals surface area contributed by atoms with Crippen LogP contribution in [0.15, 0.2) is 30.6 Å². The van der Waals surface area contributed by atoms with Crippen LogP contribution in [-0.4, -0.2) is 16.3 Å². The Balaban J connectivity index is 1.86. The van der Waals surface area contributed by atoms with E-state index < -0.39 is 0 Å². The first-order valence-corrected chi connectivity index (χ1v) is 6.97. The second-order valence-corrected chi connectivity index (χ2v) is 5.45. The van der Waals surface area contributed by atoms with Gasteiger partial charge in [-0.2, -0.15) is 5.10 Å². The second kappa shape index (κ2) is 6.42. The standard InChI is InChI=1S/C14H17Cl2N3/c1-10(12-8-18-19(2)9-12)17-6-5-11-3-4-13(15)7-14(11)16/h3-4,7-10,17H,5-6H2,1-2H3. The van der Waals surface area contributed by atoms with Gasteiger partial charge in [-0.05, 0) is 37.6 Å². The molecule has 1 unspecified atom stereocenters. The molecule has 0 saturated heterocycles. The van der Waals surface area contributed by atoms with E-state index in [0.717, 1.165) is 23.6 Å². The van der Waals surface area contributed by atoms with Crippen LogP contribution in [-0.2, 0) is 13.5 Å². The molecule has 0 fully saturated rings. The summed E-state index contributed by atoms with van der Waals surface area (Å²) in [7, 11) is 1.92. The Morgan fingerprint density at radius 3 is 2.79 bits per heavy atom. The van der Waals surface area contributed by atoms with Gasteiger partial charge >= 0.3 is 0 Å². The van der Waals surface area contributed by atoms with Gasteiger partial charge < -0.3 is 5.32 Å². The largest absolute Gasteiger partial charge is 0.310 e. The highest BCUT2D eigenvalue weighted by molar-refractivity contribution is 6.35. The summed E-state index contributed by atoms with van der Waals surface area (Å²) in [6.45, 7) is 2.98. The summed E-state index contributed by atoms with van der Waals surface area (Å²) in [5, 5.41) is 9.02. The SMILES string of the molecule is CC(NCCc1ccc(Cl)cc1Cl)c1cnn(C)c1. The summed E-state index contributed by atoms with van der Waals surface area (Å²) in [6, 6.07) is 5.90. The first-order valence-electron chi connectivity index (χ1n) is 6.22. The first kappa shape index (κ1) is 14.4. The number of nitrogens with zero attached hydrogens (tertiary/aromatic N) is 2. The Labute approximate surface area is 123 Å². The molecule has 1 heterocycles. The first-order chi connectivity index (χ1) is 9.06. The molecule has 0 radical (unpaired) electrons. The molecule has 1 aromatic heterocycles. The molecule has 0 bridgehead atoms. The summed E-state index contributed by atoms with van der Waals surface area (Å²) in [4.78, 5) is 0. The van der Waals surface area contributed by atoms with Crippen molar-refractivity contribution in [2.24, 2.45) is 7.05 Å². The number of aryl methyl sites for hydroxylation is 1. The van der Waals surface area contributed by atoms with Crippen molar-refractivity contribution in [1.82, 2.24) is 15.1 Å². The van der Waals surface area contributed by atoms with Gasteiger partial charge in [0.15, 0.2) is 0 Å². The lowest BCUT2D eigenvalue weighted by molar-refractivity contribution is 0.576. The molecule has 2 rings (SSSR count). The highest BCUT2D eigenvalue weighted by Gasteiger charge is 2.07. The zero-order valence-electron chi connectivity index (χ0n) is 11.0. The third kappa shape index (κ3) is 3.96. The molecule has 0 saturated carbocycles. The van der Waals surface area contributed by atoms with Crippen LogP contribution in [0.4, 0.5) is 0 Å². The molecule has 3 nitrogen and oxygen atoms in total. The maximum atomic E-state index is 6.14. The molecule has 1 N–H and O–H groups in total. The summed E-state index contributed by atoms with van der Waals surface area (Å²) < 4.78 is 1.81. The van der Waals surface area contributed by atoms with Crippen molar-refractivity contribution < 1.29 is 0 Å². The van der Waals surface area contributed by atoms with Gasteiger partial charge in [0, 0.05) is 34.9 Å². The number of rotatable bonds is 5. The lowest BCUT2D eigenvalue weighted by Gasteiger charge is -2.12. The second-order valence-electron chi connectivity index (χ2n) is 4.61. The third-order valence-corrected chi connectivity index (χ3v) is 3.67. The minimum atomic E-state index is 0.278. The fourth-order valence-electron chi connectivity index (χ4n) is 1.93. The number of hydrogen-bond donors (Lipinski definition) is 1. The predicted octanol–water partition coefficient (Wildman–Crippen LogP) is 3.62. The Hall–Kier alpha value is -1.03. The van der Waals surface area contributed by atoms with Gasteiger partial charge in [-0.1, -0.05) is 29.3 Å². The van der Waals surface area contributed by atoms with Crippen molar-refractivity contribution in [1.29, 1.82) is 0 Å². The Kier molecular flexibility index (Phi) is 4.86. The number of benzene rings is 1. The van der Waals surface area contributed by atoms with E-state index in [4.69, 9.17) is 23.2 Å². The monoisotopic (exact) mass is 297 g/mol. The van der Waals surface area contributed by atoms with Gasteiger partial charge in [-0.25, -0.2) is 0 Å². The van der Waals surface area contributed by atoms with Crippen molar-refractivity contribution in [3.05, 3.63) is 51.8 Å². The van der Waals surface area contributed by atoms with Crippen molar-refractivity contribution >= 4 is 23.2 Å². The Morgan fingerprint density at radius 2 is 2.16 bits per heavy atom. The summed E-state index contributed by atoms with van der Waals surface area (Å²) in [5.74, 6) is 0. The van der Waals surface area contributed by atoms with E-state index in [1.807, 2.05) is 36.3 Å². The highest BCUT2D eigenvalue weighted by Crippen LogP contribution is 2.21. The molecule has 1 aromatic carbocycles. The number of nitrogens with one attached hydrogen (secondary N) is 1. The average Bonchev–Trinajstić information content (AvgIpc) is 2.78. The van der Waals surface area contributed by atoms with Crippen molar-refractivity contribution in [2.75, 3.05) is 6.54 Å². The minimum Gasteiger partial charge on any atom is -0.310 e. The van der Waals surface area contributed by atoms with Crippen LogP contribution in [0.2, 0.25) is 10.0 Å². The summed E-state index contributed by atoms with van der Waals surface area (Å²) in [5.41, 5.74) is 2.29. The summed E-state index contributed by atoms with van der Waals surface area (Å²) in [6.07, 6.45) is 4.78. The van der Waals surface area contributed by atoms with Gasteiger partial charge in [0.2, 0.25) is 0 Å². The topological polar surface area (TPSA) is 29.9 Å². The normalized spacial score (nSPS) is 12.6. The fraction of sp³-hybridized carbons (Fsp3) is 0.357. The van der Waals surface area contributed by atoms with Gasteiger partial charge in [0.1, 0.15) is 0 Å². The summed E-state index contributed by atoms with van der Waals surface area (Å²) >= 11 is 12.0. The molecule has 19 heavy (non-hydrogen) atoms. The number of aromatic nitrogens is 2. The molecule has 1 atom stereocenters. The lowest BCUT2D eigenvalue weighted by Crippen LogP contribution is -2.21. The molecule has 0 amide bonds. The highest BCUT2D eigenvalue weighted by atomic mass is 35.5. The average molecular weight is 298 g/mol. The van der Waals surface area contributed by atoms with E-state index in [-0.39, 0.29) is 6.04 Å². The molecule has 5 heteroatoms. The smallest absolute Gasteiger partial charge is 0.0537 e. The number of hydrogen-bond acceptors (Lipinski definition) is 2. The van der Waals surface area contributed by atoms with E-state index in [9.17, 15) is 0 Å². The van der Waals surface area contributed by atoms with Crippen LogP contribution in [0.1, 0.15) is 24.1 Å². The van der Waals surface area contributed by atoms with E-state index in [1.165, 1.54) is 5.56 Å². The van der Waals surface area contributed by atoms with Crippen LogP contribution < -0.4 is 5.32 Å². The van der Waals surface area contributed by atoms with Crippen molar-refractivity contribution in [3.8, 4) is 0 Å². The van der Waals surface area contributed by atoms with Gasteiger partial charge in [0.05, 0.1) is 6.20 Å². The van der Waals surface area contributed by atoms with Crippen LogP contribution in [0, 0.1) is 0 Å². The van der Waals surface area contributed by atoms with Crippen molar-refractivity contribution in [2.45, 2.75) is 19.4 Å². The van der Waals surface area contributed by atoms with Crippen LogP contribution >= 0.6 is 23.2 Å². The molecular weight excluding hydrogens is 281 g/mol. The van der Waals surface area contributed by atoms with Crippen molar-refractivity contribution in [3.63, 3.8) is 0 Å². The van der Waals surface area contributed by atoms with E-state index >= 15 is 0 Å². The maximum absolute atomic E-state index is 6.14. The van der Waals surface area contributed by atoms with Gasteiger partial charge in [-0.15, -0.1) is 0 Å². The molecule has 0 aliphatic carbocycles. The van der Waals surface area contributed by atoms with Crippen LogP contribution in [0.3, 0.4) is 0 Å². The van der Waals surface area contributed by atoms with E-state index in [0.29, 0.717) is 5.02 Å². The van der Waals surface area contributed by atoms with Gasteiger partial charge in [0.25, 0.3) is 0 Å². The zero-order chi connectivity index (χ0) is 13.8. The van der Waals surface area contributed by atoms with E-state index in [1.54, 1.807) is 6.07 Å². The fourth-order valence-corrected chi connectivity index (χ4v) is 2.43. The Morgan fingerprint density at radius 1 is 1.37 bits per heavy atom. The molecule has 0 spiro atoms. The Bertz CT molecular complexity index is 551. The quantitative estimate of drug-likeness (QED) is 0.913. The predicted molar refractivity (Wildman–Crippen MR) is 79.8 cm³/mol. The van der Waals surface area contributed by atoms with E-state index in [2.05, 4.69) is 17.3 Å². The molecule has 0 aliphatic rings. The maximum Gasteiger partial charge on any atom is 0.0537 e. The molecule has 0 aliphatic heterocycles.